The normalized spacial score (nSPS) is 22.7. The second-order valence-corrected chi connectivity index (χ2v) is 15.0. The SMILES string of the molecule is C[C@@H](OC(c1ccc([C@]2(S(=O)(=O)c3ccc(F)cc3)CCN(C(=O)C3CCC(C(=O)O)CC3)C2)cc1)(C(F)(F)F)C(F)(F)F)c1ccccc1. The van der Waals surface area contributed by atoms with Crippen molar-refractivity contribution >= 4 is 21.7 Å². The molecular formula is C35H34F7NO6S. The summed E-state index contributed by atoms with van der Waals surface area (Å²) in [6, 6.07) is 13.6. The lowest BCUT2D eigenvalue weighted by atomic mass is 9.81. The highest BCUT2D eigenvalue weighted by Crippen LogP contribution is 2.55. The highest BCUT2D eigenvalue weighted by Gasteiger charge is 2.74. The number of carboxylic acid groups (broad SMARTS) is 1. The average molecular weight is 730 g/mol. The van der Waals surface area contributed by atoms with Crippen LogP contribution in [0, 0.1) is 17.7 Å². The number of amides is 1. The van der Waals surface area contributed by atoms with Gasteiger partial charge in [-0.25, -0.2) is 12.8 Å². The second-order valence-electron chi connectivity index (χ2n) is 12.8. The quantitative estimate of drug-likeness (QED) is 0.179. The lowest BCUT2D eigenvalue weighted by Gasteiger charge is -2.39. The average Bonchev–Trinajstić information content (AvgIpc) is 3.54. The summed E-state index contributed by atoms with van der Waals surface area (Å²) < 4.78 is 133. The Labute approximate surface area is 284 Å². The van der Waals surface area contributed by atoms with Gasteiger partial charge >= 0.3 is 18.3 Å². The van der Waals surface area contributed by atoms with Crippen molar-refractivity contribution in [2.24, 2.45) is 11.8 Å². The minimum Gasteiger partial charge on any atom is -0.481 e. The summed E-state index contributed by atoms with van der Waals surface area (Å²) in [5.41, 5.74) is -6.26. The molecule has 1 saturated heterocycles. The molecule has 1 heterocycles. The Morgan fingerprint density at radius 1 is 0.840 bits per heavy atom. The zero-order valence-electron chi connectivity index (χ0n) is 26.7. The molecule has 0 spiro atoms. The minimum atomic E-state index is -6.01. The van der Waals surface area contributed by atoms with E-state index in [0.717, 1.165) is 43.3 Å². The van der Waals surface area contributed by atoms with Crippen molar-refractivity contribution in [1.82, 2.24) is 4.90 Å². The molecule has 1 aliphatic heterocycles. The number of rotatable bonds is 9. The van der Waals surface area contributed by atoms with Gasteiger partial charge in [0.25, 0.3) is 5.60 Å². The van der Waals surface area contributed by atoms with E-state index in [1.54, 1.807) is 0 Å². The molecule has 15 heteroatoms. The summed E-state index contributed by atoms with van der Waals surface area (Å²) in [7, 11) is -4.56. The van der Waals surface area contributed by atoms with Crippen LogP contribution < -0.4 is 0 Å². The number of ether oxygens (including phenoxy) is 1. The first-order chi connectivity index (χ1) is 23.3. The number of hydrogen-bond donors (Lipinski definition) is 1. The van der Waals surface area contributed by atoms with Gasteiger partial charge in [0.05, 0.1) is 16.9 Å². The van der Waals surface area contributed by atoms with Crippen molar-refractivity contribution in [2.75, 3.05) is 13.1 Å². The van der Waals surface area contributed by atoms with Gasteiger partial charge in [-0.05, 0) is 74.4 Å². The molecule has 1 N–H and O–H groups in total. The first kappa shape index (κ1) is 37.3. The monoisotopic (exact) mass is 729 g/mol. The molecule has 1 saturated carbocycles. The third kappa shape index (κ3) is 6.61. The molecule has 0 aromatic heterocycles. The van der Waals surface area contributed by atoms with Gasteiger partial charge in [-0.1, -0.05) is 54.6 Å². The van der Waals surface area contributed by atoms with E-state index in [1.165, 1.54) is 35.2 Å². The number of aliphatic carboxylic acids is 1. The van der Waals surface area contributed by atoms with E-state index < -0.39 is 80.3 Å². The van der Waals surface area contributed by atoms with Gasteiger partial charge in [-0.15, -0.1) is 0 Å². The van der Waals surface area contributed by atoms with Crippen LogP contribution in [0.1, 0.15) is 61.8 Å². The summed E-state index contributed by atoms with van der Waals surface area (Å²) in [4.78, 5) is 25.9. The van der Waals surface area contributed by atoms with Gasteiger partial charge in [0.2, 0.25) is 5.91 Å². The number of likely N-dealkylation sites (tertiary alicyclic amines) is 1. The fourth-order valence-electron chi connectivity index (χ4n) is 7.02. The third-order valence-corrected chi connectivity index (χ3v) is 12.3. The Kier molecular flexibility index (Phi) is 10.2. The van der Waals surface area contributed by atoms with E-state index >= 15 is 0 Å². The van der Waals surface area contributed by atoms with Crippen LogP contribution in [0.5, 0.6) is 0 Å². The fraction of sp³-hybridized carbons (Fsp3) is 0.429. The van der Waals surface area contributed by atoms with E-state index in [0.29, 0.717) is 12.1 Å². The van der Waals surface area contributed by atoms with E-state index in [1.807, 2.05) is 0 Å². The molecular weight excluding hydrogens is 695 g/mol. The molecule has 270 valence electrons. The standard InChI is InChI=1S/C35H34F7NO6S/c1-22(23-5-3-2-4-6-23)49-33(34(37,38)39,35(40,41)42)27-13-11-26(12-14-27)32(50(47,48)29-17-15-28(36)16-18-29)19-20-43(21-32)30(44)24-7-9-25(10-8-24)31(45)46/h2-6,11-18,22,24-25H,7-10,19-21H2,1H3,(H,45,46)/t22-,24?,25?,32+/m1/s1. The highest BCUT2D eigenvalue weighted by atomic mass is 32.2. The van der Waals surface area contributed by atoms with E-state index in [2.05, 4.69) is 0 Å². The lowest BCUT2D eigenvalue weighted by Crippen LogP contribution is -2.56. The van der Waals surface area contributed by atoms with E-state index in [-0.39, 0.29) is 54.7 Å². The van der Waals surface area contributed by atoms with Crippen molar-refractivity contribution in [1.29, 1.82) is 0 Å². The summed E-state index contributed by atoms with van der Waals surface area (Å²) in [5, 5.41) is 9.32. The number of sulfone groups is 1. The Balaban J connectivity index is 1.57. The second kappa shape index (κ2) is 13.6. The maximum atomic E-state index is 14.7. The van der Waals surface area contributed by atoms with Crippen LogP contribution in [0.2, 0.25) is 0 Å². The molecule has 1 amide bonds. The Bertz CT molecular complexity index is 1780. The molecule has 1 aliphatic carbocycles. The van der Waals surface area contributed by atoms with Crippen molar-refractivity contribution in [3.8, 4) is 0 Å². The van der Waals surface area contributed by atoms with Crippen molar-refractivity contribution in [3.63, 3.8) is 0 Å². The predicted octanol–water partition coefficient (Wildman–Crippen LogP) is 7.72. The van der Waals surface area contributed by atoms with Crippen molar-refractivity contribution < 1.29 is 58.6 Å². The molecule has 5 rings (SSSR count). The van der Waals surface area contributed by atoms with Crippen LogP contribution >= 0.6 is 0 Å². The van der Waals surface area contributed by atoms with Gasteiger partial charge in [-0.2, -0.15) is 26.3 Å². The molecule has 2 aliphatic rings. The number of alkyl halides is 6. The Morgan fingerprint density at radius 3 is 1.90 bits per heavy atom. The topological polar surface area (TPSA) is 101 Å². The number of nitrogens with zero attached hydrogens (tertiary/aromatic N) is 1. The molecule has 0 radical (unpaired) electrons. The van der Waals surface area contributed by atoms with Gasteiger partial charge in [0.15, 0.2) is 9.84 Å². The van der Waals surface area contributed by atoms with Crippen LogP contribution in [-0.4, -0.2) is 55.7 Å². The molecule has 0 unspecified atom stereocenters. The highest BCUT2D eigenvalue weighted by molar-refractivity contribution is 7.92. The van der Waals surface area contributed by atoms with Crippen molar-refractivity contribution in [3.05, 3.63) is 101 Å². The summed E-state index contributed by atoms with van der Waals surface area (Å²) in [5.74, 6) is -3.37. The number of halogens is 7. The fourth-order valence-corrected chi connectivity index (χ4v) is 9.10. The van der Waals surface area contributed by atoms with Gasteiger partial charge in [0, 0.05) is 24.6 Å². The van der Waals surface area contributed by atoms with Gasteiger partial charge in [-0.3, -0.25) is 9.59 Å². The maximum Gasteiger partial charge on any atom is 0.430 e. The first-order valence-corrected chi connectivity index (χ1v) is 17.3. The molecule has 7 nitrogen and oxygen atoms in total. The van der Waals surface area contributed by atoms with Crippen LogP contribution in [0.3, 0.4) is 0 Å². The molecule has 3 aromatic carbocycles. The number of carbonyl (C=O) groups is 2. The van der Waals surface area contributed by atoms with E-state index in [4.69, 9.17) is 4.74 Å². The third-order valence-electron chi connectivity index (χ3n) is 9.85. The molecule has 50 heavy (non-hydrogen) atoms. The van der Waals surface area contributed by atoms with Crippen LogP contribution in [0.4, 0.5) is 30.7 Å². The summed E-state index contributed by atoms with van der Waals surface area (Å²) >= 11 is 0. The summed E-state index contributed by atoms with van der Waals surface area (Å²) in [6.07, 6.45) is -13.0. The zero-order valence-corrected chi connectivity index (χ0v) is 27.5. The Morgan fingerprint density at radius 2 is 1.38 bits per heavy atom. The smallest absolute Gasteiger partial charge is 0.430 e. The maximum absolute atomic E-state index is 14.7. The summed E-state index contributed by atoms with van der Waals surface area (Å²) in [6.45, 7) is 0.444. The number of benzene rings is 3. The molecule has 0 bridgehead atoms. The number of carbonyl (C=O) groups excluding carboxylic acids is 1. The molecule has 3 aromatic rings. The van der Waals surface area contributed by atoms with E-state index in [9.17, 15) is 53.8 Å². The van der Waals surface area contributed by atoms with Crippen molar-refractivity contribution in [2.45, 2.75) is 72.7 Å². The lowest BCUT2D eigenvalue weighted by molar-refractivity contribution is -0.399. The van der Waals surface area contributed by atoms with Crippen LogP contribution in [-0.2, 0) is 34.5 Å². The van der Waals surface area contributed by atoms with Gasteiger partial charge < -0.3 is 14.7 Å². The first-order valence-electron chi connectivity index (χ1n) is 15.8. The Hall–Kier alpha value is -3.98. The molecule has 2 fully saturated rings. The number of hydrogen-bond acceptors (Lipinski definition) is 5. The number of carboxylic acids is 1. The predicted molar refractivity (Wildman–Crippen MR) is 166 cm³/mol. The molecule has 2 atom stereocenters. The van der Waals surface area contributed by atoms with Crippen LogP contribution in [0.15, 0.2) is 83.8 Å². The van der Waals surface area contributed by atoms with Crippen LogP contribution in [0.25, 0.3) is 0 Å². The zero-order chi connectivity index (χ0) is 36.7. The van der Waals surface area contributed by atoms with Gasteiger partial charge in [0.1, 0.15) is 10.6 Å². The minimum absolute atomic E-state index is 0.0542. The largest absolute Gasteiger partial charge is 0.481 e.